The number of carbonyl (C=O) groups is 2. The number of esters is 1. The smallest absolute Gasteiger partial charge is 0.349 e. The van der Waals surface area contributed by atoms with Gasteiger partial charge in [0.15, 0.2) is 6.10 Å². The summed E-state index contributed by atoms with van der Waals surface area (Å²) >= 11 is 1.33. The fourth-order valence-corrected chi connectivity index (χ4v) is 3.47. The Labute approximate surface area is 154 Å². The van der Waals surface area contributed by atoms with Gasteiger partial charge in [-0.1, -0.05) is 30.3 Å². The Balaban J connectivity index is 1.61. The average molecular weight is 371 g/mol. The van der Waals surface area contributed by atoms with E-state index in [0.717, 1.165) is 15.6 Å². The number of hydrogen-bond acceptors (Lipinski definition) is 4. The Kier molecular flexibility index (Phi) is 5.32. The first-order valence-electron chi connectivity index (χ1n) is 8.19. The van der Waals surface area contributed by atoms with E-state index in [-0.39, 0.29) is 11.9 Å². The van der Waals surface area contributed by atoms with Gasteiger partial charge in [0, 0.05) is 4.70 Å². The fraction of sp³-hybridized carbons (Fsp3) is 0.200. The van der Waals surface area contributed by atoms with Crippen LogP contribution in [0.4, 0.5) is 4.39 Å². The van der Waals surface area contributed by atoms with Gasteiger partial charge >= 0.3 is 5.97 Å². The number of halogens is 1. The van der Waals surface area contributed by atoms with E-state index in [9.17, 15) is 14.0 Å². The van der Waals surface area contributed by atoms with E-state index in [4.69, 9.17) is 4.74 Å². The Morgan fingerprint density at radius 1 is 1.08 bits per heavy atom. The Hall–Kier alpha value is -2.73. The Morgan fingerprint density at radius 3 is 2.46 bits per heavy atom. The van der Waals surface area contributed by atoms with Crippen LogP contribution in [0.5, 0.6) is 0 Å². The summed E-state index contributed by atoms with van der Waals surface area (Å²) < 4.78 is 19.2. The second-order valence-electron chi connectivity index (χ2n) is 5.98. The molecule has 0 aliphatic carbocycles. The average Bonchev–Trinajstić information content (AvgIpc) is 3.06. The first kappa shape index (κ1) is 18.1. The molecule has 134 valence electrons. The van der Waals surface area contributed by atoms with Crippen molar-refractivity contribution in [1.82, 2.24) is 5.32 Å². The van der Waals surface area contributed by atoms with Crippen LogP contribution in [0.2, 0.25) is 0 Å². The van der Waals surface area contributed by atoms with Crippen molar-refractivity contribution >= 4 is 33.3 Å². The van der Waals surface area contributed by atoms with Gasteiger partial charge < -0.3 is 10.1 Å². The van der Waals surface area contributed by atoms with Gasteiger partial charge in [-0.3, -0.25) is 4.79 Å². The topological polar surface area (TPSA) is 55.4 Å². The van der Waals surface area contributed by atoms with Crippen LogP contribution < -0.4 is 5.32 Å². The van der Waals surface area contributed by atoms with Crippen LogP contribution in [0.25, 0.3) is 10.1 Å². The number of hydrogen-bond donors (Lipinski definition) is 1. The Bertz CT molecular complexity index is 903. The molecule has 0 spiro atoms. The predicted molar refractivity (Wildman–Crippen MR) is 99.7 cm³/mol. The van der Waals surface area contributed by atoms with Crippen molar-refractivity contribution in [3.05, 3.63) is 70.9 Å². The third-order valence-electron chi connectivity index (χ3n) is 4.01. The number of thiophene rings is 1. The highest BCUT2D eigenvalue weighted by Crippen LogP contribution is 2.26. The maximum atomic E-state index is 13.0. The number of amides is 1. The van der Waals surface area contributed by atoms with Crippen LogP contribution in [0.3, 0.4) is 0 Å². The zero-order valence-electron chi connectivity index (χ0n) is 14.4. The molecule has 26 heavy (non-hydrogen) atoms. The Morgan fingerprint density at radius 2 is 1.77 bits per heavy atom. The third kappa shape index (κ3) is 4.08. The summed E-state index contributed by atoms with van der Waals surface area (Å²) in [5.74, 6) is -1.27. The van der Waals surface area contributed by atoms with E-state index in [1.54, 1.807) is 25.1 Å². The molecule has 1 heterocycles. The van der Waals surface area contributed by atoms with Crippen molar-refractivity contribution < 1.29 is 18.7 Å². The number of ether oxygens (including phenoxy) is 1. The minimum atomic E-state index is -0.935. The molecule has 0 saturated heterocycles. The maximum absolute atomic E-state index is 13.0. The molecule has 4 nitrogen and oxygen atoms in total. The monoisotopic (exact) mass is 371 g/mol. The minimum Gasteiger partial charge on any atom is -0.448 e. The van der Waals surface area contributed by atoms with E-state index in [1.807, 2.05) is 24.3 Å². The van der Waals surface area contributed by atoms with Crippen LogP contribution in [-0.2, 0) is 9.53 Å². The molecule has 0 aliphatic rings. The molecular formula is C20H18FNO3S. The van der Waals surface area contributed by atoms with Gasteiger partial charge in [0.05, 0.1) is 6.04 Å². The van der Waals surface area contributed by atoms with Crippen molar-refractivity contribution in [2.45, 2.75) is 26.0 Å². The summed E-state index contributed by atoms with van der Waals surface area (Å²) in [5.41, 5.74) is 0.766. The summed E-state index contributed by atoms with van der Waals surface area (Å²) in [6, 6.07) is 15.0. The van der Waals surface area contributed by atoms with Crippen LogP contribution in [0.1, 0.15) is 35.1 Å². The van der Waals surface area contributed by atoms with Crippen LogP contribution in [-0.4, -0.2) is 18.0 Å². The second kappa shape index (κ2) is 7.66. The van der Waals surface area contributed by atoms with Crippen molar-refractivity contribution in [1.29, 1.82) is 0 Å². The molecule has 1 amide bonds. The second-order valence-corrected chi connectivity index (χ2v) is 7.06. The largest absolute Gasteiger partial charge is 0.448 e. The van der Waals surface area contributed by atoms with Crippen LogP contribution in [0, 0.1) is 5.82 Å². The van der Waals surface area contributed by atoms with Gasteiger partial charge in [0.1, 0.15) is 10.7 Å². The molecule has 0 bridgehead atoms. The standard InChI is InChI=1S/C20H18FNO3S/c1-12(14-7-9-16(21)10-8-14)22-19(23)13(2)25-20(24)18-11-15-5-3-4-6-17(15)26-18/h3-13H,1-2H3,(H,22,23). The summed E-state index contributed by atoms with van der Waals surface area (Å²) in [5, 5.41) is 3.73. The van der Waals surface area contributed by atoms with E-state index >= 15 is 0 Å². The third-order valence-corrected chi connectivity index (χ3v) is 5.10. The molecule has 1 N–H and O–H groups in total. The fourth-order valence-electron chi connectivity index (χ4n) is 2.52. The number of fused-ring (bicyclic) bond motifs is 1. The lowest BCUT2D eigenvalue weighted by atomic mass is 10.1. The summed E-state index contributed by atoms with van der Waals surface area (Å²) in [4.78, 5) is 25.0. The number of nitrogens with one attached hydrogen (secondary N) is 1. The van der Waals surface area contributed by atoms with E-state index < -0.39 is 18.0 Å². The molecule has 0 radical (unpaired) electrons. The van der Waals surface area contributed by atoms with Crippen LogP contribution >= 0.6 is 11.3 Å². The quantitative estimate of drug-likeness (QED) is 0.674. The van der Waals surface area contributed by atoms with Crippen molar-refractivity contribution in [2.75, 3.05) is 0 Å². The molecule has 3 aromatic rings. The zero-order chi connectivity index (χ0) is 18.7. The van der Waals surface area contributed by atoms with Crippen LogP contribution in [0.15, 0.2) is 54.6 Å². The number of carbonyl (C=O) groups excluding carboxylic acids is 2. The summed E-state index contributed by atoms with van der Waals surface area (Å²) in [6.07, 6.45) is -0.935. The zero-order valence-corrected chi connectivity index (χ0v) is 15.2. The highest BCUT2D eigenvalue weighted by molar-refractivity contribution is 7.20. The first-order chi connectivity index (χ1) is 12.4. The van der Waals surface area contributed by atoms with Crippen molar-refractivity contribution in [3.8, 4) is 0 Å². The van der Waals surface area contributed by atoms with E-state index in [0.29, 0.717) is 4.88 Å². The van der Waals surface area contributed by atoms with E-state index in [1.165, 1.54) is 30.4 Å². The predicted octanol–water partition coefficient (Wildman–Crippen LogP) is 4.46. The van der Waals surface area contributed by atoms with Gasteiger partial charge in [0.25, 0.3) is 5.91 Å². The van der Waals surface area contributed by atoms with Gasteiger partial charge in [-0.05, 0) is 49.1 Å². The molecule has 2 atom stereocenters. The number of benzene rings is 2. The summed E-state index contributed by atoms with van der Waals surface area (Å²) in [6.45, 7) is 3.31. The van der Waals surface area contributed by atoms with Crippen molar-refractivity contribution in [2.24, 2.45) is 0 Å². The molecule has 0 aliphatic heterocycles. The molecule has 6 heteroatoms. The first-order valence-corrected chi connectivity index (χ1v) is 9.01. The van der Waals surface area contributed by atoms with Gasteiger partial charge in [-0.2, -0.15) is 0 Å². The van der Waals surface area contributed by atoms with Gasteiger partial charge in [-0.25, -0.2) is 9.18 Å². The molecule has 0 fully saturated rings. The lowest BCUT2D eigenvalue weighted by Gasteiger charge is -2.18. The van der Waals surface area contributed by atoms with Gasteiger partial charge in [0.2, 0.25) is 0 Å². The summed E-state index contributed by atoms with van der Waals surface area (Å²) in [7, 11) is 0. The number of rotatable bonds is 5. The maximum Gasteiger partial charge on any atom is 0.349 e. The highest BCUT2D eigenvalue weighted by Gasteiger charge is 2.22. The lowest BCUT2D eigenvalue weighted by Crippen LogP contribution is -2.37. The molecule has 2 unspecified atom stereocenters. The highest BCUT2D eigenvalue weighted by atomic mass is 32.1. The van der Waals surface area contributed by atoms with Crippen molar-refractivity contribution in [3.63, 3.8) is 0 Å². The lowest BCUT2D eigenvalue weighted by molar-refractivity contribution is -0.129. The minimum absolute atomic E-state index is 0.325. The molecule has 3 rings (SSSR count). The van der Waals surface area contributed by atoms with E-state index in [2.05, 4.69) is 5.32 Å². The molecule has 2 aromatic carbocycles. The molecular weight excluding hydrogens is 353 g/mol. The normalized spacial score (nSPS) is 13.2. The SMILES string of the molecule is CC(OC(=O)c1cc2ccccc2s1)C(=O)NC(C)c1ccc(F)cc1. The van der Waals surface area contributed by atoms with Gasteiger partial charge in [-0.15, -0.1) is 11.3 Å². The molecule has 1 aromatic heterocycles. The molecule has 0 saturated carbocycles.